The molecule has 2 aliphatic heterocycles. The number of benzene rings is 1. The third-order valence-corrected chi connectivity index (χ3v) is 4.11. The fourth-order valence-corrected chi connectivity index (χ4v) is 2.95. The van der Waals surface area contributed by atoms with E-state index in [1.54, 1.807) is 0 Å². The lowest BCUT2D eigenvalue weighted by Gasteiger charge is -2.35. The van der Waals surface area contributed by atoms with Gasteiger partial charge in [0.25, 0.3) is 0 Å². The van der Waals surface area contributed by atoms with Crippen LogP contribution in [-0.4, -0.2) is 30.7 Å². The Labute approximate surface area is 109 Å². The topological polar surface area (TPSA) is 24.5 Å². The van der Waals surface area contributed by atoms with Crippen molar-refractivity contribution in [1.82, 2.24) is 10.2 Å². The molecule has 0 bridgehead atoms. The number of ether oxygens (including phenoxy) is 1. The maximum Gasteiger partial charge on any atom is 0.0622 e. The number of fused-ring (bicyclic) bond motifs is 1. The third-order valence-electron chi connectivity index (χ3n) is 4.11. The Morgan fingerprint density at radius 1 is 1.33 bits per heavy atom. The summed E-state index contributed by atoms with van der Waals surface area (Å²) < 4.78 is 5.56. The minimum absolute atomic E-state index is 0.588. The molecule has 18 heavy (non-hydrogen) atoms. The van der Waals surface area contributed by atoms with Gasteiger partial charge < -0.3 is 10.1 Å². The van der Waals surface area contributed by atoms with Crippen molar-refractivity contribution < 1.29 is 4.74 Å². The Morgan fingerprint density at radius 3 is 3.11 bits per heavy atom. The Morgan fingerprint density at radius 2 is 2.22 bits per heavy atom. The minimum Gasteiger partial charge on any atom is -0.378 e. The normalized spacial score (nSPS) is 24.2. The van der Waals surface area contributed by atoms with Crippen molar-refractivity contribution in [3.05, 3.63) is 34.9 Å². The van der Waals surface area contributed by atoms with Crippen LogP contribution in [0.25, 0.3) is 0 Å². The van der Waals surface area contributed by atoms with Crippen LogP contribution in [0.3, 0.4) is 0 Å². The van der Waals surface area contributed by atoms with Crippen LogP contribution in [0.5, 0.6) is 0 Å². The zero-order chi connectivity index (χ0) is 12.4. The van der Waals surface area contributed by atoms with Gasteiger partial charge in [0.05, 0.1) is 13.2 Å². The first-order chi connectivity index (χ1) is 8.86. The second-order valence-electron chi connectivity index (χ2n) is 5.31. The van der Waals surface area contributed by atoms with Crippen LogP contribution in [0.2, 0.25) is 0 Å². The van der Waals surface area contributed by atoms with E-state index in [0.717, 1.165) is 39.4 Å². The van der Waals surface area contributed by atoms with Gasteiger partial charge in [-0.2, -0.15) is 0 Å². The number of nitrogens with one attached hydrogen (secondary N) is 1. The highest BCUT2D eigenvalue weighted by atomic mass is 16.5. The predicted octanol–water partition coefficient (Wildman–Crippen LogP) is 1.90. The molecule has 1 aromatic rings. The van der Waals surface area contributed by atoms with E-state index in [4.69, 9.17) is 4.74 Å². The molecular weight excluding hydrogens is 224 g/mol. The Bertz CT molecular complexity index is 419. The van der Waals surface area contributed by atoms with Gasteiger partial charge in [0, 0.05) is 32.2 Å². The largest absolute Gasteiger partial charge is 0.378 e. The monoisotopic (exact) mass is 246 g/mol. The van der Waals surface area contributed by atoms with Gasteiger partial charge in [-0.1, -0.05) is 25.1 Å². The SMILES string of the molecule is CCC1COCCN1Cc1ccc2c(c1)CNC2. The van der Waals surface area contributed by atoms with Gasteiger partial charge in [-0.15, -0.1) is 0 Å². The highest BCUT2D eigenvalue weighted by Crippen LogP contribution is 2.20. The second kappa shape index (κ2) is 5.39. The maximum atomic E-state index is 5.56. The van der Waals surface area contributed by atoms with Crippen molar-refractivity contribution in [2.24, 2.45) is 0 Å². The number of hydrogen-bond acceptors (Lipinski definition) is 3. The molecule has 0 aliphatic carbocycles. The Hall–Kier alpha value is -0.900. The summed E-state index contributed by atoms with van der Waals surface area (Å²) in [6, 6.07) is 7.53. The Kier molecular flexibility index (Phi) is 3.64. The van der Waals surface area contributed by atoms with Gasteiger partial charge in [-0.05, 0) is 23.1 Å². The van der Waals surface area contributed by atoms with Gasteiger partial charge in [0.1, 0.15) is 0 Å². The van der Waals surface area contributed by atoms with Gasteiger partial charge in [0.2, 0.25) is 0 Å². The van der Waals surface area contributed by atoms with Crippen LogP contribution in [0.4, 0.5) is 0 Å². The summed E-state index contributed by atoms with van der Waals surface area (Å²) in [7, 11) is 0. The molecule has 1 aromatic carbocycles. The van der Waals surface area contributed by atoms with Crippen molar-refractivity contribution >= 4 is 0 Å². The summed E-state index contributed by atoms with van der Waals surface area (Å²) in [5.74, 6) is 0. The van der Waals surface area contributed by atoms with Crippen LogP contribution < -0.4 is 5.32 Å². The standard InChI is InChI=1S/C15H22N2O/c1-2-15-11-18-6-5-17(15)10-12-3-4-13-8-16-9-14(13)7-12/h3-4,7,15-16H,2,5-6,8-11H2,1H3. The second-order valence-corrected chi connectivity index (χ2v) is 5.31. The fraction of sp³-hybridized carbons (Fsp3) is 0.600. The van der Waals surface area contributed by atoms with E-state index >= 15 is 0 Å². The van der Waals surface area contributed by atoms with Crippen molar-refractivity contribution in [3.8, 4) is 0 Å². The fourth-order valence-electron chi connectivity index (χ4n) is 2.95. The summed E-state index contributed by atoms with van der Waals surface area (Å²) in [4.78, 5) is 2.56. The first-order valence-electron chi connectivity index (χ1n) is 7.00. The summed E-state index contributed by atoms with van der Waals surface area (Å²) in [6.07, 6.45) is 1.17. The highest BCUT2D eigenvalue weighted by molar-refractivity contribution is 5.34. The van der Waals surface area contributed by atoms with Crippen LogP contribution in [0.15, 0.2) is 18.2 Å². The van der Waals surface area contributed by atoms with E-state index in [1.807, 2.05) is 0 Å². The molecule has 3 rings (SSSR count). The lowest BCUT2D eigenvalue weighted by molar-refractivity contribution is -0.0127. The lowest BCUT2D eigenvalue weighted by atomic mass is 10.0. The van der Waals surface area contributed by atoms with E-state index in [1.165, 1.54) is 23.1 Å². The van der Waals surface area contributed by atoms with E-state index in [9.17, 15) is 0 Å². The van der Waals surface area contributed by atoms with Crippen molar-refractivity contribution in [2.45, 2.75) is 39.0 Å². The predicted molar refractivity (Wildman–Crippen MR) is 72.3 cm³/mol. The van der Waals surface area contributed by atoms with Gasteiger partial charge in [-0.25, -0.2) is 0 Å². The molecule has 2 aliphatic rings. The third kappa shape index (κ3) is 2.44. The summed E-state index contributed by atoms with van der Waals surface area (Å²) in [5, 5.41) is 3.40. The molecule has 2 heterocycles. The molecule has 1 unspecified atom stereocenters. The highest BCUT2D eigenvalue weighted by Gasteiger charge is 2.21. The van der Waals surface area contributed by atoms with Crippen molar-refractivity contribution in [2.75, 3.05) is 19.8 Å². The molecular formula is C15H22N2O. The number of rotatable bonds is 3. The average molecular weight is 246 g/mol. The summed E-state index contributed by atoms with van der Waals surface area (Å²) in [6.45, 7) is 8.21. The molecule has 0 saturated carbocycles. The number of nitrogens with zero attached hydrogens (tertiary/aromatic N) is 1. The molecule has 0 spiro atoms. The van der Waals surface area contributed by atoms with Crippen LogP contribution in [-0.2, 0) is 24.4 Å². The van der Waals surface area contributed by atoms with Crippen LogP contribution in [0, 0.1) is 0 Å². The molecule has 1 atom stereocenters. The first-order valence-corrected chi connectivity index (χ1v) is 7.00. The van der Waals surface area contributed by atoms with Gasteiger partial charge in [-0.3, -0.25) is 4.90 Å². The summed E-state index contributed by atoms with van der Waals surface area (Å²) in [5.41, 5.74) is 4.39. The molecule has 1 N–H and O–H groups in total. The molecule has 3 heteroatoms. The molecule has 0 aromatic heterocycles. The molecule has 98 valence electrons. The van der Waals surface area contributed by atoms with E-state index in [0.29, 0.717) is 6.04 Å². The smallest absolute Gasteiger partial charge is 0.0622 e. The molecule has 0 radical (unpaired) electrons. The van der Waals surface area contributed by atoms with Crippen molar-refractivity contribution in [3.63, 3.8) is 0 Å². The number of morpholine rings is 1. The van der Waals surface area contributed by atoms with Crippen LogP contribution >= 0.6 is 0 Å². The molecule has 1 saturated heterocycles. The maximum absolute atomic E-state index is 5.56. The van der Waals surface area contributed by atoms with Gasteiger partial charge >= 0.3 is 0 Å². The zero-order valence-electron chi connectivity index (χ0n) is 11.1. The van der Waals surface area contributed by atoms with Gasteiger partial charge in [0.15, 0.2) is 0 Å². The molecule has 1 fully saturated rings. The van der Waals surface area contributed by atoms with E-state index in [-0.39, 0.29) is 0 Å². The molecule has 3 nitrogen and oxygen atoms in total. The Balaban J connectivity index is 1.71. The minimum atomic E-state index is 0.588. The van der Waals surface area contributed by atoms with Crippen molar-refractivity contribution in [1.29, 1.82) is 0 Å². The van der Waals surface area contributed by atoms with E-state index in [2.05, 4.69) is 35.3 Å². The quantitative estimate of drug-likeness (QED) is 0.881. The lowest BCUT2D eigenvalue weighted by Crippen LogP contribution is -2.44. The van der Waals surface area contributed by atoms with E-state index < -0.39 is 0 Å². The van der Waals surface area contributed by atoms with Crippen LogP contribution in [0.1, 0.15) is 30.0 Å². The first kappa shape index (κ1) is 12.2. The molecule has 0 amide bonds. The summed E-state index contributed by atoms with van der Waals surface area (Å²) >= 11 is 0. The average Bonchev–Trinajstić information content (AvgIpc) is 2.87. The zero-order valence-corrected chi connectivity index (χ0v) is 11.1. The number of hydrogen-bond donors (Lipinski definition) is 1.